The van der Waals surface area contributed by atoms with Gasteiger partial charge in [0.05, 0.1) is 6.54 Å². The minimum atomic E-state index is 0.367. The minimum Gasteiger partial charge on any atom is -0.314 e. The van der Waals surface area contributed by atoms with E-state index in [0.29, 0.717) is 5.41 Å². The summed E-state index contributed by atoms with van der Waals surface area (Å²) in [6.07, 6.45) is 9.06. The molecule has 0 saturated heterocycles. The monoisotopic (exact) mass is 241 g/mol. The second kappa shape index (κ2) is 5.69. The molecule has 0 bridgehead atoms. The second-order valence-corrected chi connectivity index (χ2v) is 5.05. The lowest BCUT2D eigenvalue weighted by molar-refractivity contribution is 0.317. The zero-order valence-corrected chi connectivity index (χ0v) is 10.4. The van der Waals surface area contributed by atoms with Gasteiger partial charge in [-0.05, 0) is 24.3 Å². The normalized spacial score (nSPS) is 19.1. The highest BCUT2D eigenvalue weighted by Gasteiger charge is 2.32. The summed E-state index contributed by atoms with van der Waals surface area (Å²) >= 11 is 6.09. The maximum atomic E-state index is 6.09. The first-order chi connectivity index (χ1) is 7.85. The van der Waals surface area contributed by atoms with E-state index >= 15 is 0 Å². The van der Waals surface area contributed by atoms with Crippen LogP contribution in [0.5, 0.6) is 0 Å². The largest absolute Gasteiger partial charge is 0.314 e. The van der Waals surface area contributed by atoms with Crippen LogP contribution in [0.25, 0.3) is 0 Å². The molecule has 1 N–H and O–H groups in total. The third kappa shape index (κ3) is 2.98. The Labute approximate surface area is 102 Å². The van der Waals surface area contributed by atoms with E-state index in [9.17, 15) is 0 Å². The van der Waals surface area contributed by atoms with E-state index < -0.39 is 0 Å². The maximum absolute atomic E-state index is 6.09. The topological polar surface area (TPSA) is 29.9 Å². The molecule has 1 aromatic heterocycles. The molecule has 0 aromatic carbocycles. The van der Waals surface area contributed by atoms with Gasteiger partial charge in [0.1, 0.15) is 0 Å². The molecule has 1 heterocycles. The second-order valence-electron chi connectivity index (χ2n) is 4.79. The van der Waals surface area contributed by atoms with Crippen LogP contribution in [-0.2, 0) is 6.54 Å². The number of nitrogens with zero attached hydrogens (tertiary/aromatic N) is 2. The highest BCUT2D eigenvalue weighted by molar-refractivity contribution is 6.18. The molecule has 1 aromatic rings. The lowest BCUT2D eigenvalue weighted by atomic mass is 9.88. The van der Waals surface area contributed by atoms with Gasteiger partial charge in [0.15, 0.2) is 0 Å². The van der Waals surface area contributed by atoms with Crippen LogP contribution in [-0.4, -0.2) is 28.8 Å². The quantitative estimate of drug-likeness (QED) is 0.612. The fourth-order valence-corrected chi connectivity index (χ4v) is 2.82. The lowest BCUT2D eigenvalue weighted by Crippen LogP contribution is -2.35. The number of alkyl halides is 1. The number of nitrogens with one attached hydrogen (secondary N) is 1. The molecule has 0 radical (unpaired) electrons. The molecular weight excluding hydrogens is 222 g/mol. The van der Waals surface area contributed by atoms with Crippen LogP contribution in [0.1, 0.15) is 25.7 Å². The van der Waals surface area contributed by atoms with Crippen molar-refractivity contribution in [2.24, 2.45) is 5.41 Å². The standard InChI is InChI=1S/C12H20ClN3/c13-10-12(4-1-2-5-12)11-14-7-9-16-8-3-6-15-16/h3,6,8,14H,1-2,4-5,7,9-11H2. The highest BCUT2D eigenvalue weighted by atomic mass is 35.5. The fraction of sp³-hybridized carbons (Fsp3) is 0.750. The average molecular weight is 242 g/mol. The van der Waals surface area contributed by atoms with Crippen molar-refractivity contribution in [2.45, 2.75) is 32.2 Å². The number of rotatable bonds is 6. The first-order valence-corrected chi connectivity index (χ1v) is 6.62. The van der Waals surface area contributed by atoms with E-state index in [1.54, 1.807) is 0 Å². The summed E-state index contributed by atoms with van der Waals surface area (Å²) in [4.78, 5) is 0. The minimum absolute atomic E-state index is 0.367. The van der Waals surface area contributed by atoms with Crippen molar-refractivity contribution in [1.82, 2.24) is 15.1 Å². The number of hydrogen-bond donors (Lipinski definition) is 1. The molecule has 0 amide bonds. The van der Waals surface area contributed by atoms with Gasteiger partial charge in [0.2, 0.25) is 0 Å². The van der Waals surface area contributed by atoms with Crippen LogP contribution in [0.4, 0.5) is 0 Å². The predicted octanol–water partition coefficient (Wildman–Crippen LogP) is 2.27. The Kier molecular flexibility index (Phi) is 4.24. The van der Waals surface area contributed by atoms with Crippen molar-refractivity contribution in [3.8, 4) is 0 Å². The van der Waals surface area contributed by atoms with Crippen LogP contribution in [0.3, 0.4) is 0 Å². The van der Waals surface area contributed by atoms with Crippen LogP contribution in [0, 0.1) is 5.41 Å². The molecule has 1 saturated carbocycles. The maximum Gasteiger partial charge on any atom is 0.0533 e. The molecule has 16 heavy (non-hydrogen) atoms. The molecule has 4 heteroatoms. The molecule has 3 nitrogen and oxygen atoms in total. The molecule has 0 atom stereocenters. The summed E-state index contributed by atoms with van der Waals surface area (Å²) in [5.74, 6) is 0.793. The SMILES string of the molecule is ClCC1(CNCCn2cccn2)CCCC1. The van der Waals surface area contributed by atoms with Gasteiger partial charge in [-0.1, -0.05) is 12.8 Å². The van der Waals surface area contributed by atoms with E-state index in [1.807, 2.05) is 23.1 Å². The van der Waals surface area contributed by atoms with E-state index in [4.69, 9.17) is 11.6 Å². The number of halogens is 1. The van der Waals surface area contributed by atoms with E-state index in [2.05, 4.69) is 10.4 Å². The Bertz CT molecular complexity index is 291. The van der Waals surface area contributed by atoms with Crippen molar-refractivity contribution < 1.29 is 0 Å². The fourth-order valence-electron chi connectivity index (χ4n) is 2.46. The predicted molar refractivity (Wildman–Crippen MR) is 66.7 cm³/mol. The lowest BCUT2D eigenvalue weighted by Gasteiger charge is -2.26. The molecule has 0 spiro atoms. The van der Waals surface area contributed by atoms with Crippen LogP contribution in [0.2, 0.25) is 0 Å². The smallest absolute Gasteiger partial charge is 0.0533 e. The van der Waals surface area contributed by atoms with E-state index in [1.165, 1.54) is 25.7 Å². The Morgan fingerprint density at radius 2 is 2.19 bits per heavy atom. The van der Waals surface area contributed by atoms with Crippen molar-refractivity contribution in [3.05, 3.63) is 18.5 Å². The van der Waals surface area contributed by atoms with Gasteiger partial charge in [-0.3, -0.25) is 4.68 Å². The van der Waals surface area contributed by atoms with Gasteiger partial charge < -0.3 is 5.32 Å². The summed E-state index contributed by atoms with van der Waals surface area (Å²) in [5, 5.41) is 7.69. The average Bonchev–Trinajstić information content (AvgIpc) is 2.97. The molecule has 1 aliphatic rings. The summed E-state index contributed by atoms with van der Waals surface area (Å²) in [5.41, 5.74) is 0.367. The van der Waals surface area contributed by atoms with Crippen LogP contribution >= 0.6 is 11.6 Å². The number of hydrogen-bond acceptors (Lipinski definition) is 2. The zero-order chi connectivity index (χ0) is 11.3. The van der Waals surface area contributed by atoms with Gasteiger partial charge in [-0.25, -0.2) is 0 Å². The first kappa shape index (κ1) is 11.9. The van der Waals surface area contributed by atoms with Crippen molar-refractivity contribution in [2.75, 3.05) is 19.0 Å². The van der Waals surface area contributed by atoms with Gasteiger partial charge in [-0.2, -0.15) is 5.10 Å². The molecular formula is C12H20ClN3. The highest BCUT2D eigenvalue weighted by Crippen LogP contribution is 2.38. The Morgan fingerprint density at radius 3 is 2.81 bits per heavy atom. The molecule has 2 rings (SSSR count). The summed E-state index contributed by atoms with van der Waals surface area (Å²) < 4.78 is 1.95. The third-order valence-corrected chi connectivity index (χ3v) is 4.09. The molecule has 90 valence electrons. The Hall–Kier alpha value is -0.540. The van der Waals surface area contributed by atoms with Crippen molar-refractivity contribution in [3.63, 3.8) is 0 Å². The van der Waals surface area contributed by atoms with Crippen LogP contribution in [0.15, 0.2) is 18.5 Å². The van der Waals surface area contributed by atoms with E-state index in [0.717, 1.165) is 25.5 Å². The Morgan fingerprint density at radius 1 is 1.38 bits per heavy atom. The molecule has 1 fully saturated rings. The Balaban J connectivity index is 1.67. The summed E-state index contributed by atoms with van der Waals surface area (Å²) in [6, 6.07) is 1.96. The van der Waals surface area contributed by atoms with Crippen LogP contribution < -0.4 is 5.32 Å². The first-order valence-electron chi connectivity index (χ1n) is 6.09. The van der Waals surface area contributed by atoms with Crippen molar-refractivity contribution >= 4 is 11.6 Å². The molecule has 1 aliphatic carbocycles. The summed E-state index contributed by atoms with van der Waals surface area (Å²) in [7, 11) is 0. The van der Waals surface area contributed by atoms with Gasteiger partial charge >= 0.3 is 0 Å². The molecule has 0 unspecified atom stereocenters. The van der Waals surface area contributed by atoms with Gasteiger partial charge in [-0.15, -0.1) is 11.6 Å². The number of aromatic nitrogens is 2. The van der Waals surface area contributed by atoms with Gasteiger partial charge in [0.25, 0.3) is 0 Å². The third-order valence-electron chi connectivity index (χ3n) is 3.52. The van der Waals surface area contributed by atoms with E-state index in [-0.39, 0.29) is 0 Å². The summed E-state index contributed by atoms with van der Waals surface area (Å²) in [6.45, 7) is 2.96. The van der Waals surface area contributed by atoms with Crippen molar-refractivity contribution in [1.29, 1.82) is 0 Å². The molecule has 0 aliphatic heterocycles. The van der Waals surface area contributed by atoms with Gasteiger partial charge in [0, 0.05) is 31.4 Å². The zero-order valence-electron chi connectivity index (χ0n) is 9.66.